The summed E-state index contributed by atoms with van der Waals surface area (Å²) in [7, 11) is 0. The average molecular weight is 181 g/mol. The van der Waals surface area contributed by atoms with Gasteiger partial charge in [-0.3, -0.25) is 4.98 Å². The molecule has 1 aromatic heterocycles. The van der Waals surface area contributed by atoms with Crippen LogP contribution in [0.4, 0.5) is 0 Å². The lowest BCUT2D eigenvalue weighted by Crippen LogP contribution is -2.04. The molecule has 0 aliphatic carbocycles. The van der Waals surface area contributed by atoms with Gasteiger partial charge in [0.2, 0.25) is 0 Å². The van der Waals surface area contributed by atoms with Crippen LogP contribution in [0.2, 0.25) is 0 Å². The van der Waals surface area contributed by atoms with Gasteiger partial charge in [0.15, 0.2) is 0 Å². The molecule has 0 fully saturated rings. The van der Waals surface area contributed by atoms with E-state index in [9.17, 15) is 0 Å². The van der Waals surface area contributed by atoms with E-state index in [1.165, 1.54) is 0 Å². The van der Waals surface area contributed by atoms with E-state index in [0.29, 0.717) is 12.8 Å². The van der Waals surface area contributed by atoms with Crippen LogP contribution < -0.4 is 0 Å². The Labute approximate surface area is 78.1 Å². The first-order valence-electron chi connectivity index (χ1n) is 4.45. The van der Waals surface area contributed by atoms with Crippen LogP contribution in [0.25, 0.3) is 0 Å². The fraction of sp³-hybridized carbons (Fsp3) is 0.500. The number of aryl methyl sites for hydroxylation is 1. The summed E-state index contributed by atoms with van der Waals surface area (Å²) in [6.45, 7) is 2.15. The summed E-state index contributed by atoms with van der Waals surface area (Å²) >= 11 is 0. The topological polar surface area (TPSA) is 53.4 Å². The second-order valence-electron chi connectivity index (χ2n) is 3.01. The number of rotatable bonds is 4. The Balaban J connectivity index is 2.89. The van der Waals surface area contributed by atoms with Gasteiger partial charge in [-0.15, -0.1) is 0 Å². The summed E-state index contributed by atoms with van der Waals surface area (Å²) in [5.74, 6) is 0. The van der Waals surface area contributed by atoms with Gasteiger partial charge < -0.3 is 10.2 Å². The number of aromatic nitrogens is 1. The van der Waals surface area contributed by atoms with Gasteiger partial charge in [0.25, 0.3) is 0 Å². The Morgan fingerprint density at radius 2 is 1.85 bits per heavy atom. The van der Waals surface area contributed by atoms with Crippen molar-refractivity contribution in [1.29, 1.82) is 0 Å². The molecule has 3 nitrogen and oxygen atoms in total. The van der Waals surface area contributed by atoms with Gasteiger partial charge >= 0.3 is 0 Å². The molecular formula is C10H15NO2. The van der Waals surface area contributed by atoms with Crippen molar-refractivity contribution in [3.05, 3.63) is 29.1 Å². The summed E-state index contributed by atoms with van der Waals surface area (Å²) in [4.78, 5) is 4.31. The van der Waals surface area contributed by atoms with Gasteiger partial charge in [0, 0.05) is 31.0 Å². The van der Waals surface area contributed by atoms with Crippen molar-refractivity contribution < 1.29 is 10.2 Å². The highest BCUT2D eigenvalue weighted by atomic mass is 16.3. The van der Waals surface area contributed by atoms with Crippen molar-refractivity contribution in [2.24, 2.45) is 0 Å². The Hall–Kier alpha value is -0.930. The SMILES string of the molecule is Cc1ccc(CCO)c(CCO)n1. The predicted molar refractivity (Wildman–Crippen MR) is 50.6 cm³/mol. The first kappa shape index (κ1) is 10.2. The van der Waals surface area contributed by atoms with Gasteiger partial charge in [-0.2, -0.15) is 0 Å². The molecule has 13 heavy (non-hydrogen) atoms. The van der Waals surface area contributed by atoms with Gasteiger partial charge in [-0.1, -0.05) is 6.07 Å². The monoisotopic (exact) mass is 181 g/mol. The zero-order chi connectivity index (χ0) is 9.68. The molecule has 72 valence electrons. The molecule has 2 N–H and O–H groups in total. The number of nitrogens with zero attached hydrogens (tertiary/aromatic N) is 1. The largest absolute Gasteiger partial charge is 0.396 e. The van der Waals surface area contributed by atoms with Crippen molar-refractivity contribution in [3.63, 3.8) is 0 Å². The predicted octanol–water partition coefficient (Wildman–Crippen LogP) is 0.460. The van der Waals surface area contributed by atoms with Crippen molar-refractivity contribution in [2.75, 3.05) is 13.2 Å². The van der Waals surface area contributed by atoms with Crippen LogP contribution in [0.1, 0.15) is 17.0 Å². The summed E-state index contributed by atoms with van der Waals surface area (Å²) in [6, 6.07) is 3.88. The highest BCUT2D eigenvalue weighted by molar-refractivity contribution is 5.23. The van der Waals surface area contributed by atoms with Crippen molar-refractivity contribution >= 4 is 0 Å². The standard InChI is InChI=1S/C10H15NO2/c1-8-2-3-9(4-6-12)10(11-8)5-7-13/h2-3,12-13H,4-7H2,1H3. The van der Waals surface area contributed by atoms with Crippen LogP contribution in [-0.2, 0) is 12.8 Å². The minimum absolute atomic E-state index is 0.106. The molecule has 0 saturated carbocycles. The lowest BCUT2D eigenvalue weighted by Gasteiger charge is -2.06. The second kappa shape index (κ2) is 4.94. The highest BCUT2D eigenvalue weighted by Crippen LogP contribution is 2.08. The van der Waals surface area contributed by atoms with E-state index in [4.69, 9.17) is 10.2 Å². The molecule has 0 aliphatic heterocycles. The van der Waals surface area contributed by atoms with Gasteiger partial charge in [0.1, 0.15) is 0 Å². The molecule has 1 aromatic rings. The number of hydrogen-bond donors (Lipinski definition) is 2. The van der Waals surface area contributed by atoms with E-state index in [1.807, 2.05) is 19.1 Å². The maximum atomic E-state index is 8.80. The lowest BCUT2D eigenvalue weighted by atomic mass is 10.1. The summed E-state index contributed by atoms with van der Waals surface area (Å²) < 4.78 is 0. The lowest BCUT2D eigenvalue weighted by molar-refractivity contribution is 0.291. The van der Waals surface area contributed by atoms with E-state index in [1.54, 1.807) is 0 Å². The van der Waals surface area contributed by atoms with Gasteiger partial charge in [0.05, 0.1) is 0 Å². The quantitative estimate of drug-likeness (QED) is 0.709. The molecule has 0 atom stereocenters. The molecule has 3 heteroatoms. The zero-order valence-electron chi connectivity index (χ0n) is 7.82. The Morgan fingerprint density at radius 3 is 2.46 bits per heavy atom. The molecule has 1 rings (SSSR count). The third-order valence-electron chi connectivity index (χ3n) is 1.94. The van der Waals surface area contributed by atoms with E-state index < -0.39 is 0 Å². The van der Waals surface area contributed by atoms with Crippen LogP contribution in [-0.4, -0.2) is 28.4 Å². The third kappa shape index (κ3) is 2.79. The van der Waals surface area contributed by atoms with E-state index >= 15 is 0 Å². The maximum absolute atomic E-state index is 8.80. The minimum Gasteiger partial charge on any atom is -0.396 e. The minimum atomic E-state index is 0.106. The number of hydrogen-bond acceptors (Lipinski definition) is 3. The molecule has 0 radical (unpaired) electrons. The fourth-order valence-electron chi connectivity index (χ4n) is 1.31. The molecule has 0 saturated heterocycles. The van der Waals surface area contributed by atoms with Gasteiger partial charge in [-0.25, -0.2) is 0 Å². The Kier molecular flexibility index (Phi) is 3.86. The number of pyridine rings is 1. The normalized spacial score (nSPS) is 10.4. The van der Waals surface area contributed by atoms with Crippen LogP contribution >= 0.6 is 0 Å². The van der Waals surface area contributed by atoms with Crippen LogP contribution in [0.5, 0.6) is 0 Å². The van der Waals surface area contributed by atoms with Crippen LogP contribution in [0, 0.1) is 6.92 Å². The molecule has 0 bridgehead atoms. The van der Waals surface area contributed by atoms with E-state index in [0.717, 1.165) is 17.0 Å². The summed E-state index contributed by atoms with van der Waals surface area (Å²) in [5.41, 5.74) is 2.88. The zero-order valence-corrected chi connectivity index (χ0v) is 7.82. The Bertz CT molecular complexity index is 274. The van der Waals surface area contributed by atoms with Crippen molar-refractivity contribution in [2.45, 2.75) is 19.8 Å². The highest BCUT2D eigenvalue weighted by Gasteiger charge is 2.02. The number of aliphatic hydroxyl groups is 2. The van der Waals surface area contributed by atoms with E-state index in [2.05, 4.69) is 4.98 Å². The molecule has 0 aliphatic rings. The van der Waals surface area contributed by atoms with Crippen LogP contribution in [0.15, 0.2) is 12.1 Å². The molecule has 1 heterocycles. The van der Waals surface area contributed by atoms with Crippen molar-refractivity contribution in [1.82, 2.24) is 4.98 Å². The second-order valence-corrected chi connectivity index (χ2v) is 3.01. The van der Waals surface area contributed by atoms with Crippen LogP contribution in [0.3, 0.4) is 0 Å². The van der Waals surface area contributed by atoms with E-state index in [-0.39, 0.29) is 13.2 Å². The Morgan fingerprint density at radius 1 is 1.15 bits per heavy atom. The maximum Gasteiger partial charge on any atom is 0.0486 e. The molecular weight excluding hydrogens is 166 g/mol. The first-order chi connectivity index (χ1) is 6.27. The van der Waals surface area contributed by atoms with Gasteiger partial charge in [-0.05, 0) is 25.0 Å². The molecule has 0 amide bonds. The first-order valence-corrected chi connectivity index (χ1v) is 4.45. The van der Waals surface area contributed by atoms with Crippen molar-refractivity contribution in [3.8, 4) is 0 Å². The third-order valence-corrected chi connectivity index (χ3v) is 1.94. The molecule has 0 unspecified atom stereocenters. The fourth-order valence-corrected chi connectivity index (χ4v) is 1.31. The number of aliphatic hydroxyl groups excluding tert-OH is 2. The smallest absolute Gasteiger partial charge is 0.0486 e. The molecule has 0 spiro atoms. The molecule has 0 aromatic carbocycles. The summed E-state index contributed by atoms with van der Waals surface area (Å²) in [6.07, 6.45) is 1.18. The summed E-state index contributed by atoms with van der Waals surface area (Å²) in [5, 5.41) is 17.6. The average Bonchev–Trinajstić information content (AvgIpc) is 2.10.